The van der Waals surface area contributed by atoms with Gasteiger partial charge < -0.3 is 0 Å². The Labute approximate surface area is 71.5 Å². The smallest absolute Gasteiger partial charge is 0.233 e. The lowest BCUT2D eigenvalue weighted by molar-refractivity contribution is -0.129. The molecule has 2 aliphatic rings. The molecule has 66 valence electrons. The first-order valence-corrected chi connectivity index (χ1v) is 4.57. The van der Waals surface area contributed by atoms with Crippen LogP contribution in [0, 0.1) is 5.41 Å². The highest BCUT2D eigenvalue weighted by Crippen LogP contribution is 2.41. The van der Waals surface area contributed by atoms with E-state index in [4.69, 9.17) is 0 Å². The van der Waals surface area contributed by atoms with Crippen LogP contribution in [0.5, 0.6) is 0 Å². The Morgan fingerprint density at radius 1 is 1.08 bits per heavy atom. The molecule has 0 aromatic rings. The molecule has 12 heavy (non-hydrogen) atoms. The molecular weight excluding hydrogens is 154 g/mol. The third-order valence-corrected chi connectivity index (χ3v) is 3.04. The second-order valence-electron chi connectivity index (χ2n) is 3.90. The van der Waals surface area contributed by atoms with E-state index in [9.17, 15) is 9.59 Å². The van der Waals surface area contributed by atoms with Crippen LogP contribution in [-0.4, -0.2) is 11.8 Å². The van der Waals surface area contributed by atoms with E-state index in [0.717, 1.165) is 25.7 Å². The normalized spacial score (nSPS) is 27.7. The van der Waals surface area contributed by atoms with Crippen LogP contribution in [0.15, 0.2) is 0 Å². The molecule has 0 radical (unpaired) electrons. The van der Waals surface area contributed by atoms with Gasteiger partial charge in [0.1, 0.15) is 0 Å². The van der Waals surface area contributed by atoms with Gasteiger partial charge in [0.2, 0.25) is 11.8 Å². The highest BCUT2D eigenvalue weighted by molar-refractivity contribution is 6.05. The maximum atomic E-state index is 11.4. The number of carbonyl (C=O) groups excluding carboxylic acids is 2. The van der Waals surface area contributed by atoms with Crippen molar-refractivity contribution in [3.63, 3.8) is 0 Å². The molecule has 1 saturated heterocycles. The quantitative estimate of drug-likeness (QED) is 0.547. The van der Waals surface area contributed by atoms with E-state index in [0.29, 0.717) is 6.42 Å². The van der Waals surface area contributed by atoms with Gasteiger partial charge in [-0.1, -0.05) is 19.3 Å². The van der Waals surface area contributed by atoms with Crippen LogP contribution < -0.4 is 5.32 Å². The van der Waals surface area contributed by atoms with Crippen molar-refractivity contribution >= 4 is 11.8 Å². The molecule has 1 N–H and O–H groups in total. The number of hydrogen-bond donors (Lipinski definition) is 1. The maximum absolute atomic E-state index is 11.4. The molecule has 2 amide bonds. The fourth-order valence-corrected chi connectivity index (χ4v) is 2.32. The number of nitrogens with one attached hydrogen (secondary N) is 1. The van der Waals surface area contributed by atoms with E-state index < -0.39 is 0 Å². The zero-order chi connectivity index (χ0) is 8.60. The van der Waals surface area contributed by atoms with Crippen LogP contribution in [0.4, 0.5) is 0 Å². The van der Waals surface area contributed by atoms with Gasteiger partial charge >= 0.3 is 0 Å². The van der Waals surface area contributed by atoms with E-state index in [1.54, 1.807) is 0 Å². The van der Waals surface area contributed by atoms with Crippen molar-refractivity contribution in [1.29, 1.82) is 0 Å². The molecule has 2 fully saturated rings. The predicted octanol–water partition coefficient (Wildman–Crippen LogP) is 0.983. The monoisotopic (exact) mass is 167 g/mol. The van der Waals surface area contributed by atoms with Gasteiger partial charge in [0.15, 0.2) is 0 Å². The van der Waals surface area contributed by atoms with Crippen LogP contribution in [0.25, 0.3) is 0 Å². The molecule has 0 aromatic heterocycles. The molecule has 0 bridgehead atoms. The summed E-state index contributed by atoms with van der Waals surface area (Å²) in [4.78, 5) is 22.4. The molecule has 1 aliphatic heterocycles. The Morgan fingerprint density at radius 3 is 2.25 bits per heavy atom. The topological polar surface area (TPSA) is 46.2 Å². The van der Waals surface area contributed by atoms with Crippen molar-refractivity contribution in [2.24, 2.45) is 5.41 Å². The minimum absolute atomic E-state index is 0.0211. The van der Waals surface area contributed by atoms with Crippen molar-refractivity contribution < 1.29 is 9.59 Å². The average molecular weight is 167 g/mol. The lowest BCUT2D eigenvalue weighted by Gasteiger charge is -2.29. The second kappa shape index (κ2) is 2.57. The summed E-state index contributed by atoms with van der Waals surface area (Å²) in [7, 11) is 0. The summed E-state index contributed by atoms with van der Waals surface area (Å²) in [5, 5.41) is 2.40. The van der Waals surface area contributed by atoms with E-state index in [2.05, 4.69) is 5.32 Å². The minimum Gasteiger partial charge on any atom is -0.296 e. The Hall–Kier alpha value is -0.860. The van der Waals surface area contributed by atoms with Gasteiger partial charge in [-0.05, 0) is 12.8 Å². The molecule has 0 aromatic carbocycles. The maximum Gasteiger partial charge on any atom is 0.233 e. The molecule has 0 atom stereocenters. The highest BCUT2D eigenvalue weighted by Gasteiger charge is 2.46. The van der Waals surface area contributed by atoms with Gasteiger partial charge in [-0.2, -0.15) is 0 Å². The molecule has 1 spiro atoms. The van der Waals surface area contributed by atoms with Crippen LogP contribution in [-0.2, 0) is 9.59 Å². The lowest BCUT2D eigenvalue weighted by atomic mass is 9.73. The van der Waals surface area contributed by atoms with E-state index in [1.165, 1.54) is 6.42 Å². The number of amides is 2. The van der Waals surface area contributed by atoms with E-state index in [-0.39, 0.29) is 17.2 Å². The average Bonchev–Trinajstić information content (AvgIpc) is 2.29. The Bertz CT molecular complexity index is 229. The Balaban J connectivity index is 2.18. The highest BCUT2D eigenvalue weighted by atomic mass is 16.2. The summed E-state index contributed by atoms with van der Waals surface area (Å²) in [6.07, 6.45) is 5.66. The zero-order valence-corrected chi connectivity index (χ0v) is 7.06. The van der Waals surface area contributed by atoms with Crippen LogP contribution in [0.3, 0.4) is 0 Å². The standard InChI is InChI=1S/C9H13NO2/c11-7-6-9(8(12)10-7)4-2-1-3-5-9/h1-6H2,(H,10,11,12). The van der Waals surface area contributed by atoms with Crippen molar-refractivity contribution in [2.45, 2.75) is 38.5 Å². The summed E-state index contributed by atoms with van der Waals surface area (Å²) >= 11 is 0. The van der Waals surface area contributed by atoms with Gasteiger partial charge in [-0.15, -0.1) is 0 Å². The Kier molecular flexibility index (Phi) is 1.67. The zero-order valence-electron chi connectivity index (χ0n) is 7.06. The van der Waals surface area contributed by atoms with E-state index >= 15 is 0 Å². The number of hydrogen-bond acceptors (Lipinski definition) is 2. The molecule has 1 heterocycles. The first-order chi connectivity index (χ1) is 5.73. The minimum atomic E-state index is -0.296. The predicted molar refractivity (Wildman–Crippen MR) is 43.3 cm³/mol. The summed E-state index contributed by atoms with van der Waals surface area (Å²) in [6, 6.07) is 0. The van der Waals surface area contributed by atoms with Gasteiger partial charge in [-0.3, -0.25) is 14.9 Å². The molecule has 3 nitrogen and oxygen atoms in total. The van der Waals surface area contributed by atoms with Gasteiger partial charge in [0.25, 0.3) is 0 Å². The SMILES string of the molecule is O=C1CC2(CCCCC2)C(=O)N1. The molecule has 1 aliphatic carbocycles. The molecule has 2 rings (SSSR count). The fourth-order valence-electron chi connectivity index (χ4n) is 2.32. The number of rotatable bonds is 0. The van der Waals surface area contributed by atoms with E-state index in [1.807, 2.05) is 0 Å². The lowest BCUT2D eigenvalue weighted by Crippen LogP contribution is -2.33. The second-order valence-corrected chi connectivity index (χ2v) is 3.90. The third kappa shape index (κ3) is 1.04. The largest absolute Gasteiger partial charge is 0.296 e. The third-order valence-electron chi connectivity index (χ3n) is 3.04. The van der Waals surface area contributed by atoms with Crippen LogP contribution in [0.2, 0.25) is 0 Å². The summed E-state index contributed by atoms with van der Waals surface area (Å²) < 4.78 is 0. The first kappa shape index (κ1) is 7.77. The number of imide groups is 1. The van der Waals surface area contributed by atoms with Crippen molar-refractivity contribution in [3.05, 3.63) is 0 Å². The number of carbonyl (C=O) groups is 2. The van der Waals surface area contributed by atoms with Crippen LogP contribution >= 0.6 is 0 Å². The Morgan fingerprint density at radius 2 is 1.75 bits per heavy atom. The van der Waals surface area contributed by atoms with Crippen LogP contribution in [0.1, 0.15) is 38.5 Å². The van der Waals surface area contributed by atoms with Gasteiger partial charge in [0, 0.05) is 6.42 Å². The molecule has 1 saturated carbocycles. The van der Waals surface area contributed by atoms with Gasteiger partial charge in [-0.25, -0.2) is 0 Å². The fraction of sp³-hybridized carbons (Fsp3) is 0.778. The molecule has 0 unspecified atom stereocenters. The summed E-state index contributed by atoms with van der Waals surface area (Å²) in [5.74, 6) is -0.103. The summed E-state index contributed by atoms with van der Waals surface area (Å²) in [5.41, 5.74) is -0.296. The van der Waals surface area contributed by atoms with Crippen molar-refractivity contribution in [3.8, 4) is 0 Å². The summed E-state index contributed by atoms with van der Waals surface area (Å²) in [6.45, 7) is 0. The van der Waals surface area contributed by atoms with Gasteiger partial charge in [0.05, 0.1) is 5.41 Å². The van der Waals surface area contributed by atoms with Crippen molar-refractivity contribution in [2.75, 3.05) is 0 Å². The molecule has 3 heteroatoms. The first-order valence-electron chi connectivity index (χ1n) is 4.57. The molecular formula is C9H13NO2. The van der Waals surface area contributed by atoms with Crippen molar-refractivity contribution in [1.82, 2.24) is 5.32 Å².